The number of rotatable bonds is 6. The molecule has 0 aliphatic heterocycles. The molecule has 0 aromatic heterocycles. The summed E-state index contributed by atoms with van der Waals surface area (Å²) in [6, 6.07) is -0.0241. The van der Waals surface area contributed by atoms with Crippen LogP contribution in [0.25, 0.3) is 0 Å². The summed E-state index contributed by atoms with van der Waals surface area (Å²) in [7, 11) is 0. The number of nitrogens with two attached hydrogens (primary N) is 1. The Hall–Kier alpha value is -0.850. The molecule has 0 radical (unpaired) electrons. The second kappa shape index (κ2) is 5.79. The van der Waals surface area contributed by atoms with Crippen LogP contribution in [0.1, 0.15) is 20.3 Å². The Balaban J connectivity index is 3.80. The van der Waals surface area contributed by atoms with Gasteiger partial charge in [0.15, 0.2) is 0 Å². The first-order valence-electron chi connectivity index (χ1n) is 4.44. The summed E-state index contributed by atoms with van der Waals surface area (Å²) < 4.78 is 0. The molecule has 0 bridgehead atoms. The van der Waals surface area contributed by atoms with Gasteiger partial charge in [0.05, 0.1) is 12.2 Å². The highest BCUT2D eigenvalue weighted by Gasteiger charge is 2.19. The largest absolute Gasteiger partial charge is 0.409 e. The van der Waals surface area contributed by atoms with Crippen LogP contribution in [0.15, 0.2) is 5.16 Å². The lowest BCUT2D eigenvalue weighted by atomic mass is 10.1. The van der Waals surface area contributed by atoms with E-state index in [1.54, 1.807) is 0 Å². The maximum Gasteiger partial charge on any atom is 0.140 e. The van der Waals surface area contributed by atoms with Crippen LogP contribution in [0, 0.1) is 0 Å². The fraction of sp³-hybridized carbons (Fsp3) is 0.875. The fourth-order valence-electron chi connectivity index (χ4n) is 0.877. The average molecular weight is 205 g/mol. The van der Waals surface area contributed by atoms with E-state index in [0.29, 0.717) is 6.42 Å². The van der Waals surface area contributed by atoms with E-state index in [-0.39, 0.29) is 25.0 Å². The van der Waals surface area contributed by atoms with Gasteiger partial charge in [-0.3, -0.25) is 0 Å². The van der Waals surface area contributed by atoms with E-state index in [9.17, 15) is 5.11 Å². The molecule has 6 N–H and O–H groups in total. The molecule has 0 aromatic rings. The zero-order chi connectivity index (χ0) is 11.2. The van der Waals surface area contributed by atoms with Crippen molar-refractivity contribution < 1.29 is 15.4 Å². The molecule has 0 heterocycles. The Morgan fingerprint density at radius 3 is 2.64 bits per heavy atom. The van der Waals surface area contributed by atoms with Crippen molar-refractivity contribution in [2.45, 2.75) is 31.9 Å². The van der Waals surface area contributed by atoms with Crippen LogP contribution in [-0.4, -0.2) is 46.1 Å². The van der Waals surface area contributed by atoms with Gasteiger partial charge < -0.3 is 26.5 Å². The molecule has 0 aliphatic carbocycles. The third-order valence-electron chi connectivity index (χ3n) is 1.82. The summed E-state index contributed by atoms with van der Waals surface area (Å²) in [5.41, 5.74) is 4.15. The van der Waals surface area contributed by atoms with Crippen molar-refractivity contribution in [1.29, 1.82) is 0 Å². The van der Waals surface area contributed by atoms with Gasteiger partial charge >= 0.3 is 0 Å². The van der Waals surface area contributed by atoms with Crippen molar-refractivity contribution in [3.8, 4) is 0 Å². The number of amidine groups is 1. The average Bonchev–Trinajstić information content (AvgIpc) is 2.15. The molecule has 0 fully saturated rings. The molecule has 0 spiro atoms. The van der Waals surface area contributed by atoms with E-state index in [0.717, 1.165) is 0 Å². The number of hydrogen-bond acceptors (Lipinski definition) is 5. The van der Waals surface area contributed by atoms with Gasteiger partial charge in [-0.15, -0.1) is 0 Å². The summed E-state index contributed by atoms with van der Waals surface area (Å²) in [5.74, 6) is 0.133. The molecule has 2 atom stereocenters. The highest BCUT2D eigenvalue weighted by atomic mass is 16.4. The van der Waals surface area contributed by atoms with Crippen molar-refractivity contribution in [1.82, 2.24) is 5.32 Å². The number of hydrogen-bond donors (Lipinski definition) is 5. The van der Waals surface area contributed by atoms with E-state index in [2.05, 4.69) is 10.5 Å². The molecular formula is C8H19N3O3. The predicted octanol–water partition coefficient (Wildman–Crippen LogP) is -1.16. The molecule has 14 heavy (non-hydrogen) atoms. The van der Waals surface area contributed by atoms with E-state index in [4.69, 9.17) is 16.0 Å². The van der Waals surface area contributed by atoms with E-state index in [1.807, 2.05) is 6.92 Å². The Bertz CT molecular complexity index is 194. The summed E-state index contributed by atoms with van der Waals surface area (Å²) in [5, 5.41) is 32.3. The van der Waals surface area contributed by atoms with Gasteiger partial charge in [0, 0.05) is 19.0 Å². The smallest absolute Gasteiger partial charge is 0.140 e. The van der Waals surface area contributed by atoms with Crippen LogP contribution in [-0.2, 0) is 0 Å². The second-order valence-electron chi connectivity index (χ2n) is 3.73. The molecule has 0 rings (SSSR count). The molecule has 6 heteroatoms. The molecule has 0 aliphatic rings. The quantitative estimate of drug-likeness (QED) is 0.163. The lowest BCUT2D eigenvalue weighted by molar-refractivity contribution is 0.00123. The molecule has 0 saturated carbocycles. The number of nitrogens with zero attached hydrogens (tertiary/aromatic N) is 1. The van der Waals surface area contributed by atoms with E-state index >= 15 is 0 Å². The van der Waals surface area contributed by atoms with Crippen LogP contribution in [0.5, 0.6) is 0 Å². The SMILES string of the molecule is CC(CC(N)=NO)NCC(C)(O)CO. The maximum atomic E-state index is 9.44. The Morgan fingerprint density at radius 1 is 1.64 bits per heavy atom. The van der Waals surface area contributed by atoms with E-state index < -0.39 is 5.60 Å². The van der Waals surface area contributed by atoms with Crippen LogP contribution < -0.4 is 11.1 Å². The lowest BCUT2D eigenvalue weighted by Gasteiger charge is -2.23. The molecule has 2 unspecified atom stereocenters. The summed E-state index contributed by atoms with van der Waals surface area (Å²) in [4.78, 5) is 0. The van der Waals surface area contributed by atoms with Crippen molar-refractivity contribution in [3.63, 3.8) is 0 Å². The molecule has 0 amide bonds. The van der Waals surface area contributed by atoms with Crippen molar-refractivity contribution in [3.05, 3.63) is 0 Å². The minimum Gasteiger partial charge on any atom is -0.409 e. The topological polar surface area (TPSA) is 111 Å². The molecule has 0 saturated heterocycles. The lowest BCUT2D eigenvalue weighted by Crippen LogP contribution is -2.45. The summed E-state index contributed by atoms with van der Waals surface area (Å²) in [6.45, 7) is 3.31. The van der Waals surface area contributed by atoms with Crippen LogP contribution in [0.3, 0.4) is 0 Å². The van der Waals surface area contributed by atoms with Crippen molar-refractivity contribution in [2.75, 3.05) is 13.2 Å². The maximum absolute atomic E-state index is 9.44. The molecule has 6 nitrogen and oxygen atoms in total. The summed E-state index contributed by atoms with van der Waals surface area (Å²) in [6.07, 6.45) is 0.387. The van der Waals surface area contributed by atoms with E-state index in [1.165, 1.54) is 6.92 Å². The monoisotopic (exact) mass is 205 g/mol. The number of nitrogens with one attached hydrogen (secondary N) is 1. The third-order valence-corrected chi connectivity index (χ3v) is 1.82. The van der Waals surface area contributed by atoms with Gasteiger partial charge in [0.2, 0.25) is 0 Å². The fourth-order valence-corrected chi connectivity index (χ4v) is 0.877. The standard InChI is InChI=1S/C8H19N3O3/c1-6(3-7(9)11-14)10-4-8(2,13)5-12/h6,10,12-14H,3-5H2,1-2H3,(H2,9,11). The predicted molar refractivity (Wildman–Crippen MR) is 53.2 cm³/mol. The summed E-state index contributed by atoms with van der Waals surface area (Å²) >= 11 is 0. The van der Waals surface area contributed by atoms with Crippen LogP contribution in [0.2, 0.25) is 0 Å². The first kappa shape index (κ1) is 13.2. The van der Waals surface area contributed by atoms with Gasteiger partial charge in [-0.1, -0.05) is 5.16 Å². The number of aliphatic hydroxyl groups is 2. The molecular weight excluding hydrogens is 186 g/mol. The van der Waals surface area contributed by atoms with Crippen LogP contribution in [0.4, 0.5) is 0 Å². The third kappa shape index (κ3) is 5.74. The van der Waals surface area contributed by atoms with Gasteiger partial charge in [-0.25, -0.2) is 0 Å². The molecule has 84 valence electrons. The Labute approximate surface area is 83.4 Å². The normalized spacial score (nSPS) is 19.0. The van der Waals surface area contributed by atoms with Crippen molar-refractivity contribution in [2.24, 2.45) is 10.9 Å². The Kier molecular flexibility index (Phi) is 5.44. The van der Waals surface area contributed by atoms with Gasteiger partial charge in [0.25, 0.3) is 0 Å². The van der Waals surface area contributed by atoms with Gasteiger partial charge in [-0.05, 0) is 13.8 Å². The molecule has 0 aromatic carbocycles. The minimum atomic E-state index is -1.14. The highest BCUT2D eigenvalue weighted by Crippen LogP contribution is 2.00. The number of oxime groups is 1. The first-order chi connectivity index (χ1) is 6.41. The van der Waals surface area contributed by atoms with Crippen LogP contribution >= 0.6 is 0 Å². The van der Waals surface area contributed by atoms with Gasteiger partial charge in [-0.2, -0.15) is 0 Å². The number of aliphatic hydroxyl groups excluding tert-OH is 1. The minimum absolute atomic E-state index is 0.0241. The highest BCUT2D eigenvalue weighted by molar-refractivity contribution is 5.80. The van der Waals surface area contributed by atoms with Gasteiger partial charge in [0.1, 0.15) is 5.84 Å². The second-order valence-corrected chi connectivity index (χ2v) is 3.73. The Morgan fingerprint density at radius 2 is 2.21 bits per heavy atom. The zero-order valence-corrected chi connectivity index (χ0v) is 8.56. The first-order valence-corrected chi connectivity index (χ1v) is 4.44. The van der Waals surface area contributed by atoms with Crippen molar-refractivity contribution >= 4 is 5.84 Å². The zero-order valence-electron chi connectivity index (χ0n) is 8.56.